The smallest absolute Gasteiger partial charge is 0.205 e. The first-order valence-electron chi connectivity index (χ1n) is 4.72. The van der Waals surface area contributed by atoms with E-state index >= 15 is 0 Å². The quantitative estimate of drug-likeness (QED) is 0.744. The van der Waals surface area contributed by atoms with Gasteiger partial charge in [0, 0.05) is 11.3 Å². The minimum absolute atomic E-state index is 0.0916. The molecular formula is C10H10N6. The molecule has 2 rings (SSSR count). The fourth-order valence-corrected chi connectivity index (χ4v) is 1.27. The van der Waals surface area contributed by atoms with E-state index in [4.69, 9.17) is 11.0 Å². The summed E-state index contributed by atoms with van der Waals surface area (Å²) in [6.45, 7) is 2.02. The number of anilines is 1. The van der Waals surface area contributed by atoms with Crippen molar-refractivity contribution in [2.45, 2.75) is 13.5 Å². The third-order valence-electron chi connectivity index (χ3n) is 2.20. The van der Waals surface area contributed by atoms with Gasteiger partial charge >= 0.3 is 0 Å². The van der Waals surface area contributed by atoms with Crippen LogP contribution in [-0.2, 0) is 6.54 Å². The number of rotatable bonds is 2. The number of aryl methyl sites for hydroxylation is 1. The Kier molecular flexibility index (Phi) is 2.52. The maximum Gasteiger partial charge on any atom is 0.205 e. The predicted octanol–water partition coefficient (Wildman–Crippen LogP) is 0.754. The number of hydrogen-bond acceptors (Lipinski definition) is 5. The van der Waals surface area contributed by atoms with Gasteiger partial charge in [0.05, 0.1) is 6.07 Å². The SMILES string of the molecule is Cc1ccc(-c2nnn(CC#N)n2)cc1N. The van der Waals surface area contributed by atoms with Crippen LogP contribution >= 0.6 is 0 Å². The van der Waals surface area contributed by atoms with Crippen molar-refractivity contribution >= 4 is 5.69 Å². The van der Waals surface area contributed by atoms with E-state index in [-0.39, 0.29) is 6.54 Å². The monoisotopic (exact) mass is 214 g/mol. The van der Waals surface area contributed by atoms with Crippen LogP contribution in [0.5, 0.6) is 0 Å². The molecule has 2 N–H and O–H groups in total. The molecule has 1 aromatic carbocycles. The summed E-state index contributed by atoms with van der Waals surface area (Å²) in [5.41, 5.74) is 8.28. The van der Waals surface area contributed by atoms with E-state index < -0.39 is 0 Å². The Morgan fingerprint density at radius 2 is 2.31 bits per heavy atom. The molecule has 0 aliphatic heterocycles. The highest BCUT2D eigenvalue weighted by Gasteiger charge is 2.06. The highest BCUT2D eigenvalue weighted by Crippen LogP contribution is 2.19. The summed E-state index contributed by atoms with van der Waals surface area (Å²) >= 11 is 0. The average Bonchev–Trinajstić information content (AvgIpc) is 2.71. The first-order valence-corrected chi connectivity index (χ1v) is 4.72. The molecule has 0 unspecified atom stereocenters. The molecule has 0 radical (unpaired) electrons. The van der Waals surface area contributed by atoms with Gasteiger partial charge in [0.2, 0.25) is 5.82 Å². The first-order chi connectivity index (χ1) is 7.70. The minimum Gasteiger partial charge on any atom is -0.398 e. The van der Waals surface area contributed by atoms with Crippen molar-refractivity contribution < 1.29 is 0 Å². The van der Waals surface area contributed by atoms with Crippen molar-refractivity contribution in [2.24, 2.45) is 0 Å². The Morgan fingerprint density at radius 1 is 1.50 bits per heavy atom. The summed E-state index contributed by atoms with van der Waals surface area (Å²) in [4.78, 5) is 1.24. The van der Waals surface area contributed by atoms with Crippen molar-refractivity contribution in [3.05, 3.63) is 23.8 Å². The van der Waals surface area contributed by atoms with Crippen molar-refractivity contribution in [1.29, 1.82) is 5.26 Å². The van der Waals surface area contributed by atoms with Crippen LogP contribution in [0.2, 0.25) is 0 Å². The van der Waals surface area contributed by atoms with E-state index in [2.05, 4.69) is 15.4 Å². The number of benzene rings is 1. The fourth-order valence-electron chi connectivity index (χ4n) is 1.27. The van der Waals surface area contributed by atoms with E-state index in [0.717, 1.165) is 11.1 Å². The van der Waals surface area contributed by atoms with Crippen LogP contribution in [0.25, 0.3) is 11.4 Å². The van der Waals surface area contributed by atoms with Gasteiger partial charge in [-0.1, -0.05) is 12.1 Å². The molecule has 6 heteroatoms. The lowest BCUT2D eigenvalue weighted by atomic mass is 10.1. The second kappa shape index (κ2) is 3.98. The highest BCUT2D eigenvalue weighted by atomic mass is 15.6. The topological polar surface area (TPSA) is 93.4 Å². The molecule has 1 aromatic heterocycles. The van der Waals surface area contributed by atoms with E-state index in [1.807, 2.05) is 25.1 Å². The van der Waals surface area contributed by atoms with E-state index in [0.29, 0.717) is 11.5 Å². The standard InChI is InChI=1S/C10H10N6/c1-7-2-3-8(6-9(7)12)10-13-15-16(14-10)5-4-11/h2-3,6H,5,12H2,1H3. The van der Waals surface area contributed by atoms with Crippen molar-refractivity contribution in [3.63, 3.8) is 0 Å². The second-order valence-electron chi connectivity index (χ2n) is 3.37. The van der Waals surface area contributed by atoms with Gasteiger partial charge in [-0.05, 0) is 23.8 Å². The number of nitrogen functional groups attached to an aromatic ring is 1. The summed E-state index contributed by atoms with van der Waals surface area (Å²) in [6.07, 6.45) is 0. The summed E-state index contributed by atoms with van der Waals surface area (Å²) in [6, 6.07) is 7.51. The van der Waals surface area contributed by atoms with Crippen molar-refractivity contribution in [1.82, 2.24) is 20.2 Å². The van der Waals surface area contributed by atoms with E-state index in [9.17, 15) is 0 Å². The zero-order chi connectivity index (χ0) is 11.5. The van der Waals surface area contributed by atoms with Crippen LogP contribution in [0.15, 0.2) is 18.2 Å². The maximum atomic E-state index is 8.48. The lowest BCUT2D eigenvalue weighted by Gasteiger charge is -2.00. The van der Waals surface area contributed by atoms with Crippen LogP contribution in [0.4, 0.5) is 5.69 Å². The van der Waals surface area contributed by atoms with Crippen LogP contribution in [0.3, 0.4) is 0 Å². The number of nitrogens with zero attached hydrogens (tertiary/aromatic N) is 5. The average molecular weight is 214 g/mol. The summed E-state index contributed by atoms with van der Waals surface area (Å²) in [7, 11) is 0. The molecule has 80 valence electrons. The zero-order valence-electron chi connectivity index (χ0n) is 8.75. The molecule has 0 aliphatic rings. The van der Waals surface area contributed by atoms with Gasteiger partial charge in [-0.2, -0.15) is 5.26 Å². The van der Waals surface area contributed by atoms with Gasteiger partial charge in [-0.25, -0.2) is 0 Å². The van der Waals surface area contributed by atoms with Gasteiger partial charge < -0.3 is 5.73 Å². The van der Waals surface area contributed by atoms with Crippen LogP contribution in [0, 0.1) is 18.3 Å². The number of nitrogens with two attached hydrogens (primary N) is 1. The van der Waals surface area contributed by atoms with Crippen LogP contribution in [0.1, 0.15) is 5.56 Å². The summed E-state index contributed by atoms with van der Waals surface area (Å²) < 4.78 is 0. The maximum absolute atomic E-state index is 8.48. The Labute approximate surface area is 92.3 Å². The normalized spacial score (nSPS) is 10.0. The molecule has 0 saturated carbocycles. The number of aromatic nitrogens is 4. The first kappa shape index (κ1) is 10.1. The molecular weight excluding hydrogens is 204 g/mol. The van der Waals surface area contributed by atoms with E-state index in [1.165, 1.54) is 4.80 Å². The van der Waals surface area contributed by atoms with Crippen molar-refractivity contribution in [3.8, 4) is 17.5 Å². The largest absolute Gasteiger partial charge is 0.398 e. The van der Waals surface area contributed by atoms with Gasteiger partial charge in [0.25, 0.3) is 0 Å². The van der Waals surface area contributed by atoms with Gasteiger partial charge in [0.1, 0.15) is 6.54 Å². The highest BCUT2D eigenvalue weighted by molar-refractivity contribution is 5.62. The van der Waals surface area contributed by atoms with Crippen LogP contribution < -0.4 is 5.73 Å². The fraction of sp³-hybridized carbons (Fsp3) is 0.200. The molecule has 0 saturated heterocycles. The lowest BCUT2D eigenvalue weighted by Crippen LogP contribution is -1.99. The molecule has 0 bridgehead atoms. The zero-order valence-corrected chi connectivity index (χ0v) is 8.75. The molecule has 0 fully saturated rings. The molecule has 0 amide bonds. The summed E-state index contributed by atoms with van der Waals surface area (Å²) in [5, 5.41) is 20.1. The molecule has 2 aromatic rings. The van der Waals surface area contributed by atoms with Crippen molar-refractivity contribution in [2.75, 3.05) is 5.73 Å². The second-order valence-corrected chi connectivity index (χ2v) is 3.37. The molecule has 0 spiro atoms. The summed E-state index contributed by atoms with van der Waals surface area (Å²) in [5.74, 6) is 0.474. The Balaban J connectivity index is 2.36. The molecule has 0 aliphatic carbocycles. The lowest BCUT2D eigenvalue weighted by molar-refractivity contribution is 0.589. The van der Waals surface area contributed by atoms with E-state index in [1.54, 1.807) is 6.07 Å². The molecule has 6 nitrogen and oxygen atoms in total. The Bertz CT molecular complexity index is 551. The Hall–Kier alpha value is -2.42. The molecule has 1 heterocycles. The molecule has 0 atom stereocenters. The minimum atomic E-state index is 0.0916. The third-order valence-corrected chi connectivity index (χ3v) is 2.20. The Morgan fingerprint density at radius 3 is 3.00 bits per heavy atom. The number of hydrogen-bond donors (Lipinski definition) is 1. The van der Waals surface area contributed by atoms with Crippen LogP contribution in [-0.4, -0.2) is 20.2 Å². The molecule has 16 heavy (non-hydrogen) atoms. The van der Waals surface area contributed by atoms with Gasteiger partial charge in [0.15, 0.2) is 0 Å². The third kappa shape index (κ3) is 1.83. The predicted molar refractivity (Wildman–Crippen MR) is 58.0 cm³/mol. The number of tetrazole rings is 1. The van der Waals surface area contributed by atoms with Gasteiger partial charge in [-0.15, -0.1) is 15.0 Å². The van der Waals surface area contributed by atoms with Gasteiger partial charge in [-0.3, -0.25) is 0 Å². The number of nitriles is 1.